The lowest BCUT2D eigenvalue weighted by Crippen LogP contribution is -2.32. The SMILES string of the molecule is Cc1cc(C)c(S(=O)(=O)NCCC(=O)NC(C)c2ccc(C)o2)c(C)c1. The first-order chi connectivity index (χ1) is 12.1. The van der Waals surface area contributed by atoms with Crippen LogP contribution in [-0.4, -0.2) is 20.9 Å². The van der Waals surface area contributed by atoms with Gasteiger partial charge < -0.3 is 9.73 Å². The topological polar surface area (TPSA) is 88.4 Å². The Balaban J connectivity index is 1.93. The fraction of sp³-hybridized carbons (Fsp3) is 0.421. The summed E-state index contributed by atoms with van der Waals surface area (Å²) in [6.45, 7) is 9.16. The molecule has 142 valence electrons. The fourth-order valence-corrected chi connectivity index (χ4v) is 4.51. The van der Waals surface area contributed by atoms with Crippen molar-refractivity contribution in [3.05, 3.63) is 52.5 Å². The largest absolute Gasteiger partial charge is 0.464 e. The Morgan fingerprint density at radius 3 is 2.27 bits per heavy atom. The van der Waals surface area contributed by atoms with Crippen molar-refractivity contribution in [2.24, 2.45) is 0 Å². The third kappa shape index (κ3) is 4.95. The first kappa shape index (κ1) is 20.2. The van der Waals surface area contributed by atoms with Gasteiger partial charge in [-0.15, -0.1) is 0 Å². The Labute approximate surface area is 155 Å². The van der Waals surface area contributed by atoms with Crippen LogP contribution in [0.2, 0.25) is 0 Å². The van der Waals surface area contributed by atoms with E-state index >= 15 is 0 Å². The summed E-state index contributed by atoms with van der Waals surface area (Å²) in [5.41, 5.74) is 2.41. The third-order valence-electron chi connectivity index (χ3n) is 4.08. The van der Waals surface area contributed by atoms with Gasteiger partial charge in [0.05, 0.1) is 10.9 Å². The molecule has 1 aromatic carbocycles. The predicted octanol–water partition coefficient (Wildman–Crippen LogP) is 3.06. The van der Waals surface area contributed by atoms with E-state index in [-0.39, 0.29) is 29.8 Å². The highest BCUT2D eigenvalue weighted by atomic mass is 32.2. The number of carbonyl (C=O) groups is 1. The normalized spacial score (nSPS) is 12.8. The number of carbonyl (C=O) groups excluding carboxylic acids is 1. The van der Waals surface area contributed by atoms with E-state index in [9.17, 15) is 13.2 Å². The number of aryl methyl sites for hydroxylation is 4. The van der Waals surface area contributed by atoms with Gasteiger partial charge in [0.1, 0.15) is 11.5 Å². The molecule has 1 atom stereocenters. The van der Waals surface area contributed by atoms with Crippen LogP contribution in [0.25, 0.3) is 0 Å². The van der Waals surface area contributed by atoms with E-state index in [0.29, 0.717) is 16.9 Å². The smallest absolute Gasteiger partial charge is 0.241 e. The van der Waals surface area contributed by atoms with Crippen LogP contribution in [-0.2, 0) is 14.8 Å². The minimum atomic E-state index is -3.66. The second-order valence-corrected chi connectivity index (χ2v) is 8.32. The summed E-state index contributed by atoms with van der Waals surface area (Å²) in [4.78, 5) is 12.3. The maximum absolute atomic E-state index is 12.6. The molecule has 1 aromatic heterocycles. The van der Waals surface area contributed by atoms with Gasteiger partial charge in [-0.3, -0.25) is 4.79 Å². The molecule has 0 saturated heterocycles. The van der Waals surface area contributed by atoms with Crippen LogP contribution in [0.5, 0.6) is 0 Å². The van der Waals surface area contributed by atoms with Crippen molar-refractivity contribution in [3.8, 4) is 0 Å². The minimum absolute atomic E-state index is 0.0326. The van der Waals surface area contributed by atoms with Gasteiger partial charge in [-0.2, -0.15) is 0 Å². The zero-order valence-electron chi connectivity index (χ0n) is 15.8. The molecule has 6 nitrogen and oxygen atoms in total. The Hall–Kier alpha value is -2.12. The van der Waals surface area contributed by atoms with E-state index in [2.05, 4.69) is 10.0 Å². The third-order valence-corrected chi connectivity index (χ3v) is 5.85. The van der Waals surface area contributed by atoms with Crippen LogP contribution in [0.1, 0.15) is 47.6 Å². The maximum atomic E-state index is 12.6. The lowest BCUT2D eigenvalue weighted by molar-refractivity contribution is -0.121. The van der Waals surface area contributed by atoms with E-state index in [4.69, 9.17) is 4.42 Å². The monoisotopic (exact) mass is 378 g/mol. The molecule has 0 radical (unpaired) electrons. The van der Waals surface area contributed by atoms with Crippen molar-refractivity contribution in [2.45, 2.75) is 52.0 Å². The van der Waals surface area contributed by atoms with Gasteiger partial charge in [0.2, 0.25) is 15.9 Å². The molecule has 2 aromatic rings. The molecule has 0 saturated carbocycles. The molecule has 0 bridgehead atoms. The van der Waals surface area contributed by atoms with Crippen molar-refractivity contribution < 1.29 is 17.6 Å². The minimum Gasteiger partial charge on any atom is -0.464 e. The summed E-state index contributed by atoms with van der Waals surface area (Å²) in [5, 5.41) is 2.80. The Morgan fingerprint density at radius 2 is 1.73 bits per heavy atom. The lowest BCUT2D eigenvalue weighted by atomic mass is 10.1. The highest BCUT2D eigenvalue weighted by Gasteiger charge is 2.20. The molecule has 7 heteroatoms. The number of furan rings is 1. The number of benzene rings is 1. The summed E-state index contributed by atoms with van der Waals surface area (Å²) >= 11 is 0. The van der Waals surface area contributed by atoms with Gasteiger partial charge in [0, 0.05) is 13.0 Å². The van der Waals surface area contributed by atoms with Crippen LogP contribution in [0.15, 0.2) is 33.6 Å². The molecule has 0 aliphatic heterocycles. The number of hydrogen-bond donors (Lipinski definition) is 2. The molecular weight excluding hydrogens is 352 g/mol. The van der Waals surface area contributed by atoms with Crippen molar-refractivity contribution >= 4 is 15.9 Å². The van der Waals surface area contributed by atoms with Crippen LogP contribution in [0.4, 0.5) is 0 Å². The van der Waals surface area contributed by atoms with Crippen LogP contribution in [0, 0.1) is 27.7 Å². The second-order valence-electron chi connectivity index (χ2n) is 6.61. The van der Waals surface area contributed by atoms with Crippen molar-refractivity contribution in [3.63, 3.8) is 0 Å². The summed E-state index contributed by atoms with van der Waals surface area (Å²) in [5.74, 6) is 1.20. The Bertz CT molecular complexity index is 877. The van der Waals surface area contributed by atoms with Gasteiger partial charge in [-0.05, 0) is 57.9 Å². The van der Waals surface area contributed by atoms with Gasteiger partial charge >= 0.3 is 0 Å². The molecule has 0 spiro atoms. The molecule has 0 aliphatic carbocycles. The molecule has 0 aliphatic rings. The van der Waals surface area contributed by atoms with E-state index in [1.165, 1.54) is 0 Å². The first-order valence-corrected chi connectivity index (χ1v) is 10.0. The van der Waals surface area contributed by atoms with Crippen molar-refractivity contribution in [2.75, 3.05) is 6.54 Å². The van der Waals surface area contributed by atoms with Gasteiger partial charge in [0.15, 0.2) is 0 Å². The van der Waals surface area contributed by atoms with Gasteiger partial charge in [-0.1, -0.05) is 17.7 Å². The Morgan fingerprint density at radius 1 is 1.12 bits per heavy atom. The molecule has 1 amide bonds. The molecule has 26 heavy (non-hydrogen) atoms. The quantitative estimate of drug-likeness (QED) is 0.775. The zero-order valence-corrected chi connectivity index (χ0v) is 16.7. The maximum Gasteiger partial charge on any atom is 0.241 e. The molecule has 2 N–H and O–H groups in total. The number of nitrogens with one attached hydrogen (secondary N) is 2. The molecule has 0 fully saturated rings. The summed E-state index contributed by atoms with van der Waals surface area (Å²) < 4.78 is 33.1. The molecule has 1 unspecified atom stereocenters. The Kier molecular flexibility index (Phi) is 6.26. The van der Waals surface area contributed by atoms with E-state index < -0.39 is 10.0 Å². The molecular formula is C19H26N2O4S. The van der Waals surface area contributed by atoms with Crippen LogP contribution < -0.4 is 10.0 Å². The van der Waals surface area contributed by atoms with E-state index in [1.807, 2.05) is 45.0 Å². The van der Waals surface area contributed by atoms with E-state index in [1.54, 1.807) is 13.8 Å². The average molecular weight is 378 g/mol. The van der Waals surface area contributed by atoms with Crippen LogP contribution >= 0.6 is 0 Å². The van der Waals surface area contributed by atoms with Crippen molar-refractivity contribution in [1.29, 1.82) is 0 Å². The van der Waals surface area contributed by atoms with Crippen molar-refractivity contribution in [1.82, 2.24) is 10.0 Å². The number of rotatable bonds is 7. The second kappa shape index (κ2) is 8.05. The first-order valence-electron chi connectivity index (χ1n) is 8.53. The number of sulfonamides is 1. The average Bonchev–Trinajstić information content (AvgIpc) is 2.92. The fourth-order valence-electron chi connectivity index (χ4n) is 3.03. The number of amides is 1. The predicted molar refractivity (Wildman–Crippen MR) is 100 cm³/mol. The number of hydrogen-bond acceptors (Lipinski definition) is 4. The summed E-state index contributed by atoms with van der Waals surface area (Å²) in [6, 6.07) is 7.04. The highest BCUT2D eigenvalue weighted by Crippen LogP contribution is 2.21. The van der Waals surface area contributed by atoms with Gasteiger partial charge in [-0.25, -0.2) is 13.1 Å². The van der Waals surface area contributed by atoms with E-state index in [0.717, 1.165) is 11.3 Å². The molecule has 2 rings (SSSR count). The molecule has 1 heterocycles. The lowest BCUT2D eigenvalue weighted by Gasteiger charge is -2.14. The highest BCUT2D eigenvalue weighted by molar-refractivity contribution is 7.89. The zero-order chi connectivity index (χ0) is 19.5. The summed E-state index contributed by atoms with van der Waals surface area (Å²) in [7, 11) is -3.66. The van der Waals surface area contributed by atoms with Gasteiger partial charge in [0.25, 0.3) is 0 Å². The summed E-state index contributed by atoms with van der Waals surface area (Å²) in [6.07, 6.45) is 0.0488. The van der Waals surface area contributed by atoms with Crippen LogP contribution in [0.3, 0.4) is 0 Å². The standard InChI is InChI=1S/C19H26N2O4S/c1-12-10-13(2)19(14(3)11-12)26(23,24)20-9-8-18(22)21-16(5)17-7-6-15(4)25-17/h6-7,10-11,16,20H,8-9H2,1-5H3,(H,21,22).